The quantitative estimate of drug-likeness (QED) is 0.695. The molecule has 1 N–H and O–H groups in total. The van der Waals surface area contributed by atoms with Crippen molar-refractivity contribution in [2.45, 2.75) is 43.4 Å². The molecule has 4 fully saturated rings. The van der Waals surface area contributed by atoms with E-state index in [0.29, 0.717) is 36.5 Å². The Labute approximate surface area is 160 Å². The van der Waals surface area contributed by atoms with Gasteiger partial charge in [-0.15, -0.1) is 11.6 Å². The predicted octanol–water partition coefficient (Wildman–Crippen LogP) is 4.74. The molecule has 4 saturated carbocycles. The molecule has 0 aromatic heterocycles. The topological polar surface area (TPSA) is 47.6 Å². The van der Waals surface area contributed by atoms with Gasteiger partial charge in [-0.05, 0) is 66.3 Å². The van der Waals surface area contributed by atoms with Crippen molar-refractivity contribution in [3.63, 3.8) is 0 Å². The fourth-order valence-corrected chi connectivity index (χ4v) is 6.94. The summed E-state index contributed by atoms with van der Waals surface area (Å²) >= 11 is 10.4. The van der Waals surface area contributed by atoms with Gasteiger partial charge >= 0.3 is 0 Å². The van der Waals surface area contributed by atoms with Gasteiger partial charge < -0.3 is 14.8 Å². The first-order valence-electron chi connectivity index (χ1n) is 9.04. The van der Waals surface area contributed by atoms with Gasteiger partial charge in [-0.2, -0.15) is 0 Å². The molecule has 0 saturated heterocycles. The number of hydrogen-bond acceptors (Lipinski definition) is 3. The average Bonchev–Trinajstić information content (AvgIpc) is 2.53. The van der Waals surface area contributed by atoms with E-state index in [2.05, 4.69) is 21.2 Å². The van der Waals surface area contributed by atoms with Crippen molar-refractivity contribution in [3.05, 3.63) is 16.6 Å². The molecule has 5 aliphatic rings. The van der Waals surface area contributed by atoms with E-state index in [0.717, 1.165) is 42.3 Å². The lowest BCUT2D eigenvalue weighted by Gasteiger charge is -2.59. The van der Waals surface area contributed by atoms with E-state index in [9.17, 15) is 4.79 Å². The van der Waals surface area contributed by atoms with Gasteiger partial charge in [0.2, 0.25) is 5.91 Å². The Morgan fingerprint density at radius 1 is 1.12 bits per heavy atom. The number of ether oxygens (including phenoxy) is 2. The van der Waals surface area contributed by atoms with E-state index in [-0.39, 0.29) is 16.2 Å². The lowest BCUT2D eigenvalue weighted by molar-refractivity contribution is -0.138. The number of carbonyl (C=O) groups excluding carboxylic acids is 1. The molecule has 4 bridgehead atoms. The second kappa shape index (κ2) is 5.53. The molecule has 4 nitrogen and oxygen atoms in total. The Balaban J connectivity index is 1.42. The molecular formula is C19H21BrClNO3. The highest BCUT2D eigenvalue weighted by Gasteiger charge is 2.60. The van der Waals surface area contributed by atoms with Crippen molar-refractivity contribution in [1.29, 1.82) is 0 Å². The summed E-state index contributed by atoms with van der Waals surface area (Å²) in [5.41, 5.74) is 0.437. The smallest absolute Gasteiger partial charge is 0.230 e. The minimum Gasteiger partial charge on any atom is -0.486 e. The highest BCUT2D eigenvalue weighted by Crippen LogP contribution is 2.64. The molecule has 6 heteroatoms. The standard InChI is InChI=1S/C19H21BrClNO3/c20-13-4-15-16(25-2-1-24-15)5-14(13)22-17(23)18-6-11-3-12(7-18)9-19(21,8-11)10-18/h4-5,11-12H,1-3,6-10H2,(H,22,23). The van der Waals surface area contributed by atoms with E-state index >= 15 is 0 Å². The maximum Gasteiger partial charge on any atom is 0.230 e. The molecular weight excluding hydrogens is 406 g/mol. The summed E-state index contributed by atoms with van der Waals surface area (Å²) < 4.78 is 12.1. The molecule has 6 rings (SSSR count). The van der Waals surface area contributed by atoms with Crippen LogP contribution in [-0.2, 0) is 4.79 Å². The van der Waals surface area contributed by atoms with Gasteiger partial charge in [-0.25, -0.2) is 0 Å². The van der Waals surface area contributed by atoms with E-state index < -0.39 is 0 Å². The van der Waals surface area contributed by atoms with Crippen LogP contribution in [0, 0.1) is 17.3 Å². The predicted molar refractivity (Wildman–Crippen MR) is 99.5 cm³/mol. The number of hydrogen-bond donors (Lipinski definition) is 1. The Morgan fingerprint density at radius 2 is 1.76 bits per heavy atom. The molecule has 134 valence electrons. The number of amides is 1. The second-order valence-electron chi connectivity index (χ2n) is 8.32. The first kappa shape index (κ1) is 16.2. The van der Waals surface area contributed by atoms with Gasteiger partial charge in [0.05, 0.1) is 11.1 Å². The number of anilines is 1. The zero-order valence-corrected chi connectivity index (χ0v) is 16.3. The average molecular weight is 427 g/mol. The van der Waals surface area contributed by atoms with E-state index in [1.54, 1.807) is 0 Å². The summed E-state index contributed by atoms with van der Waals surface area (Å²) in [7, 11) is 0. The molecule has 25 heavy (non-hydrogen) atoms. The highest BCUT2D eigenvalue weighted by atomic mass is 79.9. The largest absolute Gasteiger partial charge is 0.486 e. The van der Waals surface area contributed by atoms with Gasteiger partial charge in [0, 0.05) is 21.5 Å². The molecule has 1 amide bonds. The zero-order chi connectivity index (χ0) is 17.2. The minimum absolute atomic E-state index is 0.115. The van der Waals surface area contributed by atoms with Crippen LogP contribution in [0.4, 0.5) is 5.69 Å². The van der Waals surface area contributed by atoms with Gasteiger partial charge in [0.15, 0.2) is 11.5 Å². The van der Waals surface area contributed by atoms with Crippen molar-refractivity contribution in [1.82, 2.24) is 0 Å². The second-order valence-corrected chi connectivity index (χ2v) is 9.98. The normalized spacial score (nSPS) is 37.8. The first-order valence-corrected chi connectivity index (χ1v) is 10.2. The third-order valence-corrected chi connectivity index (χ3v) is 7.45. The molecule has 0 spiro atoms. The lowest BCUT2D eigenvalue weighted by atomic mass is 9.49. The number of nitrogens with one attached hydrogen (secondary N) is 1. The van der Waals surface area contributed by atoms with Crippen LogP contribution in [0.3, 0.4) is 0 Å². The maximum absolute atomic E-state index is 13.3. The van der Waals surface area contributed by atoms with Crippen molar-refractivity contribution in [2.75, 3.05) is 18.5 Å². The summed E-state index contributed by atoms with van der Waals surface area (Å²) in [6, 6.07) is 3.72. The fourth-order valence-electron chi connectivity index (χ4n) is 5.83. The third-order valence-electron chi connectivity index (χ3n) is 6.35. The third kappa shape index (κ3) is 2.66. The van der Waals surface area contributed by atoms with Gasteiger partial charge in [0.25, 0.3) is 0 Å². The first-order chi connectivity index (χ1) is 11.9. The lowest BCUT2D eigenvalue weighted by Crippen LogP contribution is -2.57. The van der Waals surface area contributed by atoms with Crippen molar-refractivity contribution >= 4 is 39.1 Å². The van der Waals surface area contributed by atoms with Crippen molar-refractivity contribution < 1.29 is 14.3 Å². The molecule has 1 aliphatic heterocycles. The van der Waals surface area contributed by atoms with Crippen LogP contribution >= 0.6 is 27.5 Å². The van der Waals surface area contributed by atoms with Crippen LogP contribution < -0.4 is 14.8 Å². The number of rotatable bonds is 2. The summed E-state index contributed by atoms with van der Waals surface area (Å²) in [5.74, 6) is 2.72. The SMILES string of the molecule is O=C(Nc1cc2c(cc1Br)OCCO2)C12CC3CC(CC(Cl)(C3)C1)C2. The molecule has 1 aromatic rings. The summed E-state index contributed by atoms with van der Waals surface area (Å²) in [6.07, 6.45) is 6.17. The van der Waals surface area contributed by atoms with Gasteiger partial charge in [-0.1, -0.05) is 0 Å². The van der Waals surface area contributed by atoms with E-state index in [4.69, 9.17) is 21.1 Å². The minimum atomic E-state index is -0.307. The van der Waals surface area contributed by atoms with E-state index in [1.807, 2.05) is 12.1 Å². The highest BCUT2D eigenvalue weighted by molar-refractivity contribution is 9.10. The number of halogens is 2. The summed E-state index contributed by atoms with van der Waals surface area (Å²) in [4.78, 5) is 13.1. The molecule has 1 heterocycles. The number of fused-ring (bicyclic) bond motifs is 1. The van der Waals surface area contributed by atoms with Gasteiger partial charge in [-0.3, -0.25) is 4.79 Å². The monoisotopic (exact) mass is 425 g/mol. The van der Waals surface area contributed by atoms with Gasteiger partial charge in [0.1, 0.15) is 13.2 Å². The van der Waals surface area contributed by atoms with Crippen molar-refractivity contribution in [2.24, 2.45) is 17.3 Å². The molecule has 2 atom stereocenters. The van der Waals surface area contributed by atoms with E-state index in [1.165, 1.54) is 6.42 Å². The van der Waals surface area contributed by atoms with Crippen LogP contribution in [0.2, 0.25) is 0 Å². The Morgan fingerprint density at radius 3 is 2.40 bits per heavy atom. The summed E-state index contributed by atoms with van der Waals surface area (Å²) in [5, 5.41) is 3.15. The molecule has 4 aliphatic carbocycles. The van der Waals surface area contributed by atoms with Crippen LogP contribution in [0.1, 0.15) is 38.5 Å². The molecule has 1 aromatic carbocycles. The number of alkyl halides is 1. The Bertz CT molecular complexity index is 738. The number of benzene rings is 1. The van der Waals surface area contributed by atoms with Crippen molar-refractivity contribution in [3.8, 4) is 11.5 Å². The maximum atomic E-state index is 13.3. The van der Waals surface area contributed by atoms with Crippen LogP contribution in [0.15, 0.2) is 16.6 Å². The molecule has 0 radical (unpaired) electrons. The Kier molecular flexibility index (Phi) is 3.59. The van der Waals surface area contributed by atoms with Crippen LogP contribution in [0.5, 0.6) is 11.5 Å². The molecule has 2 unspecified atom stereocenters. The fraction of sp³-hybridized carbons (Fsp3) is 0.632. The van der Waals surface area contributed by atoms with Crippen LogP contribution in [0.25, 0.3) is 0 Å². The van der Waals surface area contributed by atoms with Crippen LogP contribution in [-0.4, -0.2) is 24.0 Å². The number of carbonyl (C=O) groups is 1. The zero-order valence-electron chi connectivity index (χ0n) is 13.9. The summed E-state index contributed by atoms with van der Waals surface area (Å²) in [6.45, 7) is 1.08. The Hall–Kier alpha value is -0.940.